The molecule has 3 aromatic rings. The fraction of sp³-hybridized carbons (Fsp3) is 0.200. The number of nitrogens with two attached hydrogens (primary N) is 1. The standard InChI is InChI=1S/C25H25N3O4/c26-25(30)28(31)14-15-32-21-10-11-23-19(16-21)12-13-27(24(23)29)17-20-8-4-5-9-22(20)18-6-2-1-3-7-18/h1-11,16,31H,12-15,17H2,(H2,26,30). The summed E-state index contributed by atoms with van der Waals surface area (Å²) >= 11 is 0. The Balaban J connectivity index is 1.45. The number of nitrogens with zero attached hydrogens (tertiary/aromatic N) is 2. The Labute approximate surface area is 186 Å². The third-order valence-corrected chi connectivity index (χ3v) is 5.53. The summed E-state index contributed by atoms with van der Waals surface area (Å²) < 4.78 is 5.58. The number of fused-ring (bicyclic) bond motifs is 1. The van der Waals surface area contributed by atoms with Crippen LogP contribution in [0.5, 0.6) is 5.75 Å². The molecule has 32 heavy (non-hydrogen) atoms. The van der Waals surface area contributed by atoms with Crippen molar-refractivity contribution in [1.29, 1.82) is 0 Å². The molecule has 0 saturated heterocycles. The van der Waals surface area contributed by atoms with E-state index in [0.717, 1.165) is 28.7 Å². The second-order valence-corrected chi connectivity index (χ2v) is 7.63. The highest BCUT2D eigenvalue weighted by atomic mass is 16.5. The number of carbonyl (C=O) groups excluding carboxylic acids is 2. The molecule has 0 bridgehead atoms. The Bertz CT molecular complexity index is 1120. The molecular formula is C25H25N3O4. The van der Waals surface area contributed by atoms with Crippen LogP contribution in [-0.2, 0) is 13.0 Å². The number of amides is 3. The van der Waals surface area contributed by atoms with Gasteiger partial charge < -0.3 is 15.4 Å². The lowest BCUT2D eigenvalue weighted by atomic mass is 9.96. The van der Waals surface area contributed by atoms with Crippen LogP contribution in [0.1, 0.15) is 21.5 Å². The van der Waals surface area contributed by atoms with E-state index in [1.165, 1.54) is 0 Å². The van der Waals surface area contributed by atoms with Gasteiger partial charge in [-0.15, -0.1) is 0 Å². The van der Waals surface area contributed by atoms with Crippen molar-refractivity contribution in [3.63, 3.8) is 0 Å². The normalized spacial score (nSPS) is 12.9. The van der Waals surface area contributed by atoms with Gasteiger partial charge in [-0.3, -0.25) is 10.0 Å². The average Bonchev–Trinajstić information content (AvgIpc) is 2.81. The van der Waals surface area contributed by atoms with Crippen LogP contribution in [0, 0.1) is 0 Å². The van der Waals surface area contributed by atoms with Crippen molar-refractivity contribution in [2.75, 3.05) is 19.7 Å². The maximum absolute atomic E-state index is 13.2. The van der Waals surface area contributed by atoms with E-state index in [1.54, 1.807) is 12.1 Å². The van der Waals surface area contributed by atoms with Crippen LogP contribution in [0.25, 0.3) is 11.1 Å². The maximum atomic E-state index is 13.2. The zero-order valence-electron chi connectivity index (χ0n) is 17.6. The van der Waals surface area contributed by atoms with E-state index < -0.39 is 6.03 Å². The van der Waals surface area contributed by atoms with Gasteiger partial charge in [-0.25, -0.2) is 9.86 Å². The molecule has 0 radical (unpaired) electrons. The van der Waals surface area contributed by atoms with E-state index in [2.05, 4.69) is 24.3 Å². The Hall–Kier alpha value is -3.84. The molecule has 0 unspecified atom stereocenters. The number of urea groups is 1. The molecule has 0 fully saturated rings. The summed E-state index contributed by atoms with van der Waals surface area (Å²) in [6.07, 6.45) is 0.721. The molecule has 0 aliphatic carbocycles. The molecule has 3 amide bonds. The Kier molecular flexibility index (Phi) is 6.37. The van der Waals surface area contributed by atoms with Gasteiger partial charge in [0.05, 0.1) is 6.54 Å². The monoisotopic (exact) mass is 431 g/mol. The van der Waals surface area contributed by atoms with E-state index in [4.69, 9.17) is 10.5 Å². The van der Waals surface area contributed by atoms with Gasteiger partial charge in [0.15, 0.2) is 0 Å². The zero-order valence-corrected chi connectivity index (χ0v) is 17.6. The van der Waals surface area contributed by atoms with Gasteiger partial charge in [-0.2, -0.15) is 0 Å². The average molecular weight is 431 g/mol. The van der Waals surface area contributed by atoms with E-state index in [1.807, 2.05) is 41.3 Å². The first-order valence-electron chi connectivity index (χ1n) is 10.5. The maximum Gasteiger partial charge on any atom is 0.338 e. The second-order valence-electron chi connectivity index (χ2n) is 7.63. The first-order chi connectivity index (χ1) is 15.5. The molecule has 1 aliphatic rings. The van der Waals surface area contributed by atoms with E-state index in [-0.39, 0.29) is 19.1 Å². The molecule has 7 nitrogen and oxygen atoms in total. The number of hydrogen-bond acceptors (Lipinski definition) is 4. The molecule has 0 saturated carbocycles. The van der Waals surface area contributed by atoms with E-state index in [0.29, 0.717) is 29.5 Å². The zero-order chi connectivity index (χ0) is 22.5. The Morgan fingerprint density at radius 1 is 1.03 bits per heavy atom. The highest BCUT2D eigenvalue weighted by Crippen LogP contribution is 2.28. The number of primary amides is 1. The quantitative estimate of drug-likeness (QED) is 0.440. The highest BCUT2D eigenvalue weighted by molar-refractivity contribution is 5.97. The fourth-order valence-corrected chi connectivity index (χ4v) is 3.88. The SMILES string of the molecule is NC(=O)N(O)CCOc1ccc2c(c1)CCN(Cc1ccccc1-c1ccccc1)C2=O. The van der Waals surface area contributed by atoms with Gasteiger partial charge in [-0.05, 0) is 46.9 Å². The van der Waals surface area contributed by atoms with Crippen LogP contribution >= 0.6 is 0 Å². The van der Waals surface area contributed by atoms with Crippen LogP contribution in [0.4, 0.5) is 4.79 Å². The second kappa shape index (κ2) is 9.53. The van der Waals surface area contributed by atoms with Crippen molar-refractivity contribution in [3.8, 4) is 16.9 Å². The van der Waals surface area contributed by atoms with Gasteiger partial charge in [-0.1, -0.05) is 54.6 Å². The first kappa shape index (κ1) is 21.4. The van der Waals surface area contributed by atoms with Crippen molar-refractivity contribution >= 4 is 11.9 Å². The van der Waals surface area contributed by atoms with Crippen molar-refractivity contribution in [3.05, 3.63) is 89.5 Å². The van der Waals surface area contributed by atoms with Gasteiger partial charge in [0.25, 0.3) is 5.91 Å². The van der Waals surface area contributed by atoms with Gasteiger partial charge in [0.1, 0.15) is 12.4 Å². The number of hydroxylamine groups is 2. The summed E-state index contributed by atoms with van der Waals surface area (Å²) in [5.74, 6) is 0.577. The topological polar surface area (TPSA) is 96.1 Å². The molecule has 0 aromatic heterocycles. The lowest BCUT2D eigenvalue weighted by molar-refractivity contribution is -0.0464. The molecule has 0 spiro atoms. The van der Waals surface area contributed by atoms with Crippen molar-refractivity contribution < 1.29 is 19.5 Å². The summed E-state index contributed by atoms with van der Waals surface area (Å²) in [7, 11) is 0. The van der Waals surface area contributed by atoms with Crippen LogP contribution < -0.4 is 10.5 Å². The number of hydrogen-bond donors (Lipinski definition) is 2. The fourth-order valence-electron chi connectivity index (χ4n) is 3.88. The summed E-state index contributed by atoms with van der Waals surface area (Å²) in [5, 5.41) is 9.70. The van der Waals surface area contributed by atoms with Gasteiger partial charge in [0.2, 0.25) is 0 Å². The van der Waals surface area contributed by atoms with E-state index in [9.17, 15) is 14.8 Å². The highest BCUT2D eigenvalue weighted by Gasteiger charge is 2.25. The lowest BCUT2D eigenvalue weighted by Gasteiger charge is -2.29. The minimum atomic E-state index is -0.932. The molecule has 0 atom stereocenters. The van der Waals surface area contributed by atoms with Crippen LogP contribution in [0.3, 0.4) is 0 Å². The Morgan fingerprint density at radius 3 is 2.56 bits per heavy atom. The lowest BCUT2D eigenvalue weighted by Crippen LogP contribution is -2.37. The number of rotatable bonds is 7. The predicted molar refractivity (Wildman–Crippen MR) is 120 cm³/mol. The third-order valence-electron chi connectivity index (χ3n) is 5.53. The summed E-state index contributed by atoms with van der Waals surface area (Å²) in [5.41, 5.74) is 9.94. The molecule has 3 aromatic carbocycles. The van der Waals surface area contributed by atoms with Crippen LogP contribution in [0.2, 0.25) is 0 Å². The van der Waals surface area contributed by atoms with Crippen LogP contribution in [0.15, 0.2) is 72.8 Å². The number of carbonyl (C=O) groups is 2. The van der Waals surface area contributed by atoms with Gasteiger partial charge >= 0.3 is 6.03 Å². The summed E-state index contributed by atoms with van der Waals surface area (Å²) in [6.45, 7) is 1.21. The van der Waals surface area contributed by atoms with Crippen molar-refractivity contribution in [1.82, 2.24) is 9.96 Å². The smallest absolute Gasteiger partial charge is 0.338 e. The molecule has 1 heterocycles. The molecule has 164 valence electrons. The molecular weight excluding hydrogens is 406 g/mol. The number of benzene rings is 3. The minimum Gasteiger partial charge on any atom is -0.492 e. The largest absolute Gasteiger partial charge is 0.492 e. The first-order valence-corrected chi connectivity index (χ1v) is 10.5. The van der Waals surface area contributed by atoms with Crippen molar-refractivity contribution in [2.24, 2.45) is 5.73 Å². The minimum absolute atomic E-state index is 0.00377. The van der Waals surface area contributed by atoms with Crippen molar-refractivity contribution in [2.45, 2.75) is 13.0 Å². The third kappa shape index (κ3) is 4.73. The van der Waals surface area contributed by atoms with E-state index >= 15 is 0 Å². The number of ether oxygens (including phenoxy) is 1. The predicted octanol–water partition coefficient (Wildman–Crippen LogP) is 3.70. The summed E-state index contributed by atoms with van der Waals surface area (Å²) in [6, 6.07) is 22.7. The molecule has 7 heteroatoms. The molecule has 1 aliphatic heterocycles. The summed E-state index contributed by atoms with van der Waals surface area (Å²) in [4.78, 5) is 25.9. The van der Waals surface area contributed by atoms with Gasteiger partial charge in [0, 0.05) is 18.7 Å². The molecule has 3 N–H and O–H groups in total. The van der Waals surface area contributed by atoms with Crippen LogP contribution in [-0.4, -0.2) is 46.8 Å². The molecule has 4 rings (SSSR count). The Morgan fingerprint density at radius 2 is 1.78 bits per heavy atom.